The van der Waals surface area contributed by atoms with Crippen LogP contribution in [0.15, 0.2) is 24.3 Å². The highest BCUT2D eigenvalue weighted by Crippen LogP contribution is 2.23. The number of nitrogens with two attached hydrogens (primary N) is 1. The molecule has 0 aliphatic carbocycles. The summed E-state index contributed by atoms with van der Waals surface area (Å²) in [5.74, 6) is 1.40. The molecule has 2 atom stereocenters. The van der Waals surface area contributed by atoms with E-state index < -0.39 is 0 Å². The number of nitrogens with one attached hydrogen (secondary N) is 1. The number of nitrogens with zero attached hydrogens (tertiary/aromatic N) is 4. The molecule has 1 aromatic heterocycles. The Morgan fingerprint density at radius 1 is 1.38 bits per heavy atom. The van der Waals surface area contributed by atoms with E-state index in [0.29, 0.717) is 17.3 Å². The first-order valence-electron chi connectivity index (χ1n) is 7.14. The van der Waals surface area contributed by atoms with Crippen LogP contribution >= 0.6 is 0 Å². The number of nitriles is 1. The van der Waals surface area contributed by atoms with Crippen molar-refractivity contribution in [3.63, 3.8) is 0 Å². The second kappa shape index (κ2) is 5.54. The first-order chi connectivity index (χ1) is 10.2. The number of benzene rings is 1. The third kappa shape index (κ3) is 2.60. The number of hydrogen-bond acceptors (Lipinski definition) is 5. The van der Waals surface area contributed by atoms with E-state index in [-0.39, 0.29) is 12.1 Å². The van der Waals surface area contributed by atoms with E-state index in [1.165, 1.54) is 0 Å². The number of piperidine rings is 1. The lowest BCUT2D eigenvalue weighted by Crippen LogP contribution is -2.50. The molecule has 0 saturated carbocycles. The van der Waals surface area contributed by atoms with Crippen molar-refractivity contribution in [3.05, 3.63) is 29.8 Å². The summed E-state index contributed by atoms with van der Waals surface area (Å²) in [5.41, 5.74) is 7.67. The molecule has 2 heterocycles. The van der Waals surface area contributed by atoms with Crippen molar-refractivity contribution in [2.24, 2.45) is 5.73 Å². The number of rotatable bonds is 2. The predicted molar refractivity (Wildman–Crippen MR) is 80.6 cm³/mol. The van der Waals surface area contributed by atoms with Crippen LogP contribution in [0.1, 0.15) is 25.3 Å². The van der Waals surface area contributed by atoms with Gasteiger partial charge in [-0.1, -0.05) is 0 Å². The van der Waals surface area contributed by atoms with Crippen LogP contribution in [0.4, 0.5) is 5.95 Å². The van der Waals surface area contributed by atoms with Gasteiger partial charge in [0, 0.05) is 24.2 Å². The minimum Gasteiger partial charge on any atom is -0.335 e. The van der Waals surface area contributed by atoms with Crippen LogP contribution in [0, 0.1) is 11.3 Å². The third-order valence-corrected chi connectivity index (χ3v) is 4.07. The van der Waals surface area contributed by atoms with Crippen molar-refractivity contribution in [2.45, 2.75) is 31.8 Å². The highest BCUT2D eigenvalue weighted by Gasteiger charge is 2.27. The van der Waals surface area contributed by atoms with Crippen molar-refractivity contribution in [1.29, 1.82) is 5.26 Å². The summed E-state index contributed by atoms with van der Waals surface area (Å²) in [6, 6.07) is 9.79. The zero-order valence-corrected chi connectivity index (χ0v) is 12.0. The minimum absolute atomic E-state index is 0.163. The molecule has 3 rings (SSSR count). The van der Waals surface area contributed by atoms with Gasteiger partial charge in [-0.05, 0) is 44.0 Å². The Kier molecular flexibility index (Phi) is 3.59. The zero-order valence-electron chi connectivity index (χ0n) is 12.0. The summed E-state index contributed by atoms with van der Waals surface area (Å²) in [4.78, 5) is 6.72. The fraction of sp³-hybridized carbons (Fsp3) is 0.400. The van der Waals surface area contributed by atoms with E-state index in [2.05, 4.69) is 33.1 Å². The highest BCUT2D eigenvalue weighted by molar-refractivity contribution is 5.57. The summed E-state index contributed by atoms with van der Waals surface area (Å²) in [7, 11) is 0. The van der Waals surface area contributed by atoms with Crippen LogP contribution < -0.4 is 10.6 Å². The van der Waals surface area contributed by atoms with E-state index in [1.807, 2.05) is 12.1 Å². The molecule has 2 unspecified atom stereocenters. The van der Waals surface area contributed by atoms with Crippen LogP contribution in [-0.2, 0) is 0 Å². The first-order valence-corrected chi connectivity index (χ1v) is 7.14. The standard InChI is InChI=1S/C15H18N6/c1-10-13(17)3-2-8-21(10)15-18-14(19-20-15)12-6-4-11(9-16)5-7-12/h4-7,10,13H,2-3,8,17H2,1H3,(H,18,19,20). The quantitative estimate of drug-likeness (QED) is 0.873. The molecule has 1 fully saturated rings. The smallest absolute Gasteiger partial charge is 0.245 e. The normalized spacial score (nSPS) is 22.0. The Morgan fingerprint density at radius 3 is 2.86 bits per heavy atom. The van der Waals surface area contributed by atoms with E-state index in [9.17, 15) is 0 Å². The number of aromatic amines is 1. The molecule has 108 valence electrons. The summed E-state index contributed by atoms with van der Waals surface area (Å²) >= 11 is 0. The van der Waals surface area contributed by atoms with Crippen LogP contribution in [0.3, 0.4) is 0 Å². The molecular formula is C15H18N6. The number of hydrogen-bond donors (Lipinski definition) is 2. The molecule has 1 aliphatic rings. The van der Waals surface area contributed by atoms with Crippen LogP contribution in [0.25, 0.3) is 11.4 Å². The fourth-order valence-corrected chi connectivity index (χ4v) is 2.67. The van der Waals surface area contributed by atoms with Crippen molar-refractivity contribution in [1.82, 2.24) is 15.2 Å². The van der Waals surface area contributed by atoms with Crippen LogP contribution in [0.2, 0.25) is 0 Å². The van der Waals surface area contributed by atoms with Crippen molar-refractivity contribution in [3.8, 4) is 17.5 Å². The Balaban J connectivity index is 1.84. The van der Waals surface area contributed by atoms with Gasteiger partial charge in [-0.25, -0.2) is 0 Å². The molecule has 0 spiro atoms. The predicted octanol–water partition coefficient (Wildman–Crippen LogP) is 1.66. The van der Waals surface area contributed by atoms with Gasteiger partial charge in [-0.3, -0.25) is 5.10 Å². The van der Waals surface area contributed by atoms with Gasteiger partial charge in [0.2, 0.25) is 5.95 Å². The Hall–Kier alpha value is -2.39. The highest BCUT2D eigenvalue weighted by atomic mass is 15.4. The monoisotopic (exact) mass is 282 g/mol. The fourth-order valence-electron chi connectivity index (χ4n) is 2.67. The molecule has 2 aromatic rings. The molecule has 0 amide bonds. The maximum atomic E-state index is 8.82. The number of anilines is 1. The van der Waals surface area contributed by atoms with Gasteiger partial charge in [0.15, 0.2) is 5.82 Å². The summed E-state index contributed by atoms with van der Waals surface area (Å²) in [6.45, 7) is 3.04. The lowest BCUT2D eigenvalue weighted by molar-refractivity contribution is 0.416. The molecule has 6 nitrogen and oxygen atoms in total. The topological polar surface area (TPSA) is 94.6 Å². The molecule has 21 heavy (non-hydrogen) atoms. The third-order valence-electron chi connectivity index (χ3n) is 4.07. The average Bonchev–Trinajstić information content (AvgIpc) is 3.00. The van der Waals surface area contributed by atoms with Gasteiger partial charge in [0.1, 0.15) is 0 Å². The maximum absolute atomic E-state index is 8.82. The summed E-state index contributed by atoms with van der Waals surface area (Å²) < 4.78 is 0. The molecule has 3 N–H and O–H groups in total. The maximum Gasteiger partial charge on any atom is 0.245 e. The molecule has 6 heteroatoms. The van der Waals surface area contributed by atoms with Crippen molar-refractivity contribution >= 4 is 5.95 Å². The van der Waals surface area contributed by atoms with E-state index in [4.69, 9.17) is 11.0 Å². The lowest BCUT2D eigenvalue weighted by Gasteiger charge is -2.36. The van der Waals surface area contributed by atoms with Gasteiger partial charge in [-0.2, -0.15) is 10.2 Å². The number of H-pyrrole nitrogens is 1. The van der Waals surface area contributed by atoms with Gasteiger partial charge in [0.25, 0.3) is 0 Å². The van der Waals surface area contributed by atoms with Gasteiger partial charge < -0.3 is 10.6 Å². The molecule has 1 aromatic carbocycles. The number of aromatic nitrogens is 3. The van der Waals surface area contributed by atoms with Gasteiger partial charge in [-0.15, -0.1) is 5.10 Å². The van der Waals surface area contributed by atoms with Crippen molar-refractivity contribution in [2.75, 3.05) is 11.4 Å². The van der Waals surface area contributed by atoms with Crippen LogP contribution in [0.5, 0.6) is 0 Å². The minimum atomic E-state index is 0.163. The molecule has 0 radical (unpaired) electrons. The molecular weight excluding hydrogens is 264 g/mol. The van der Waals surface area contributed by atoms with Gasteiger partial charge >= 0.3 is 0 Å². The largest absolute Gasteiger partial charge is 0.335 e. The Morgan fingerprint density at radius 2 is 2.14 bits per heavy atom. The van der Waals surface area contributed by atoms with Crippen molar-refractivity contribution < 1.29 is 0 Å². The van der Waals surface area contributed by atoms with E-state index >= 15 is 0 Å². The molecule has 0 bridgehead atoms. The second-order valence-corrected chi connectivity index (χ2v) is 5.41. The Labute approximate surface area is 123 Å². The zero-order chi connectivity index (χ0) is 14.8. The SMILES string of the molecule is CC1C(N)CCCN1c1n[nH]c(-c2ccc(C#N)cc2)n1. The van der Waals surface area contributed by atoms with Crippen LogP contribution in [-0.4, -0.2) is 33.8 Å². The molecule has 1 saturated heterocycles. The summed E-state index contributed by atoms with van der Waals surface area (Å²) in [6.07, 6.45) is 2.11. The second-order valence-electron chi connectivity index (χ2n) is 5.41. The van der Waals surface area contributed by atoms with E-state index in [0.717, 1.165) is 24.9 Å². The first kappa shape index (κ1) is 13.6. The molecule has 1 aliphatic heterocycles. The lowest BCUT2D eigenvalue weighted by atomic mass is 9.99. The Bertz CT molecular complexity index is 654. The summed E-state index contributed by atoms with van der Waals surface area (Å²) in [5, 5.41) is 16.1. The van der Waals surface area contributed by atoms with E-state index in [1.54, 1.807) is 12.1 Å². The van der Waals surface area contributed by atoms with Gasteiger partial charge in [0.05, 0.1) is 11.6 Å². The average molecular weight is 282 g/mol.